The van der Waals surface area contributed by atoms with E-state index in [1.165, 1.54) is 63.2 Å². The monoisotopic (exact) mass is 344 g/mol. The lowest BCUT2D eigenvalue weighted by molar-refractivity contribution is 0.138. The van der Waals surface area contributed by atoms with Crippen LogP contribution >= 0.6 is 0 Å². The van der Waals surface area contributed by atoms with Gasteiger partial charge in [-0.15, -0.1) is 0 Å². The lowest BCUT2D eigenvalue weighted by Crippen LogP contribution is -2.50. The Morgan fingerprint density at radius 2 is 1.54 bits per heavy atom. The van der Waals surface area contributed by atoms with Crippen LogP contribution in [0.15, 0.2) is 54.6 Å². The van der Waals surface area contributed by atoms with Crippen molar-refractivity contribution in [1.82, 2.24) is 4.90 Å². The third kappa shape index (κ3) is 1.86. The number of piperazine rings is 1. The largest absolute Gasteiger partial charge is 0.369 e. The van der Waals surface area contributed by atoms with E-state index >= 15 is 0 Å². The van der Waals surface area contributed by atoms with Crippen molar-refractivity contribution in [2.24, 2.45) is 10.8 Å². The van der Waals surface area contributed by atoms with Gasteiger partial charge in [0.05, 0.1) is 0 Å². The first-order valence-corrected chi connectivity index (χ1v) is 10.3. The summed E-state index contributed by atoms with van der Waals surface area (Å²) in [5, 5.41) is 0. The molecule has 2 nitrogen and oxygen atoms in total. The molecule has 0 aromatic heterocycles. The van der Waals surface area contributed by atoms with Crippen molar-refractivity contribution in [3.8, 4) is 0 Å². The maximum absolute atomic E-state index is 2.76. The third-order valence-corrected chi connectivity index (χ3v) is 8.19. The fraction of sp³-hybridized carbons (Fsp3) is 0.500. The van der Waals surface area contributed by atoms with Gasteiger partial charge in [0.1, 0.15) is 0 Å². The van der Waals surface area contributed by atoms with Crippen LogP contribution in [0.3, 0.4) is 0 Å². The van der Waals surface area contributed by atoms with Gasteiger partial charge < -0.3 is 4.90 Å². The first kappa shape index (κ1) is 15.3. The summed E-state index contributed by atoms with van der Waals surface area (Å²) in [7, 11) is 0. The van der Waals surface area contributed by atoms with Crippen LogP contribution in [0.4, 0.5) is 5.69 Å². The molecule has 2 aromatic rings. The molecule has 3 saturated carbocycles. The van der Waals surface area contributed by atoms with Crippen molar-refractivity contribution in [3.05, 3.63) is 65.7 Å². The van der Waals surface area contributed by atoms with Crippen LogP contribution in [0, 0.1) is 17.8 Å². The quantitative estimate of drug-likeness (QED) is 0.818. The summed E-state index contributed by atoms with van der Waals surface area (Å²) < 4.78 is 0. The fourth-order valence-corrected chi connectivity index (χ4v) is 6.71. The van der Waals surface area contributed by atoms with E-state index in [4.69, 9.17) is 0 Å². The Balaban J connectivity index is 1.09. The molecular formula is C24H28N2. The highest BCUT2D eigenvalue weighted by Crippen LogP contribution is 3.00. The number of aryl methyl sites for hydroxylation is 1. The second-order valence-electron chi connectivity index (χ2n) is 9.44. The van der Waals surface area contributed by atoms with Crippen molar-refractivity contribution >= 4 is 5.69 Å². The van der Waals surface area contributed by atoms with E-state index in [2.05, 4.69) is 71.3 Å². The molecule has 0 bridgehead atoms. The summed E-state index contributed by atoms with van der Waals surface area (Å²) in [6, 6.07) is 20.3. The highest BCUT2D eigenvalue weighted by Gasteiger charge is 2.96. The van der Waals surface area contributed by atoms with E-state index in [1.807, 2.05) is 0 Å². The van der Waals surface area contributed by atoms with Gasteiger partial charge in [-0.1, -0.05) is 48.0 Å². The molecule has 4 fully saturated rings. The highest BCUT2D eigenvalue weighted by atomic mass is 15.3. The van der Waals surface area contributed by atoms with Crippen molar-refractivity contribution < 1.29 is 0 Å². The Morgan fingerprint density at radius 1 is 0.808 bits per heavy atom. The highest BCUT2D eigenvalue weighted by molar-refractivity contribution is 5.56. The van der Waals surface area contributed by atoms with Crippen molar-refractivity contribution in [2.45, 2.75) is 31.6 Å². The van der Waals surface area contributed by atoms with Crippen LogP contribution in [-0.4, -0.2) is 37.6 Å². The van der Waals surface area contributed by atoms with Gasteiger partial charge in [-0.3, -0.25) is 4.90 Å². The first-order valence-electron chi connectivity index (χ1n) is 10.3. The molecule has 0 N–H and O–H groups in total. The third-order valence-electron chi connectivity index (χ3n) is 8.19. The minimum atomic E-state index is 0.576. The Labute approximate surface area is 156 Å². The summed E-state index contributed by atoms with van der Waals surface area (Å²) in [6.07, 6.45) is 4.40. The Hall–Kier alpha value is -1.80. The second-order valence-corrected chi connectivity index (χ2v) is 9.44. The summed E-state index contributed by atoms with van der Waals surface area (Å²) in [5.41, 5.74) is 6.35. The Kier molecular flexibility index (Phi) is 2.89. The number of hydrogen-bond donors (Lipinski definition) is 0. The molecule has 1 aliphatic heterocycles. The first-order chi connectivity index (χ1) is 12.7. The Bertz CT molecular complexity index is 836. The standard InChI is InChI=1S/C24H28N2/c1-19-7-9-20(10-8-19)23-15-22(16-24(22,23)17-23)18-25-11-13-26(14-12-25)21-5-3-2-4-6-21/h2-10H,11-18H2,1H3. The number of hydrogen-bond acceptors (Lipinski definition) is 2. The van der Waals surface area contributed by atoms with Crippen LogP contribution in [0.1, 0.15) is 30.4 Å². The van der Waals surface area contributed by atoms with Crippen molar-refractivity contribution in [1.29, 1.82) is 0 Å². The number of rotatable bonds is 4. The van der Waals surface area contributed by atoms with Crippen LogP contribution in [0.5, 0.6) is 0 Å². The van der Waals surface area contributed by atoms with Gasteiger partial charge >= 0.3 is 0 Å². The zero-order valence-corrected chi connectivity index (χ0v) is 15.7. The molecule has 3 aliphatic carbocycles. The fourth-order valence-electron chi connectivity index (χ4n) is 6.71. The minimum Gasteiger partial charge on any atom is -0.369 e. The normalized spacial score (nSPS) is 37.5. The Morgan fingerprint density at radius 3 is 2.23 bits per heavy atom. The van der Waals surface area contributed by atoms with Crippen LogP contribution < -0.4 is 4.90 Å². The van der Waals surface area contributed by atoms with E-state index in [9.17, 15) is 0 Å². The van der Waals surface area contributed by atoms with Crippen LogP contribution in [0.25, 0.3) is 0 Å². The molecule has 3 unspecified atom stereocenters. The number of nitrogens with zero attached hydrogens (tertiary/aromatic N) is 2. The summed E-state index contributed by atoms with van der Waals surface area (Å²) in [6.45, 7) is 8.35. The summed E-state index contributed by atoms with van der Waals surface area (Å²) in [5.74, 6) is 0. The van der Waals surface area contributed by atoms with Crippen LogP contribution in [-0.2, 0) is 5.41 Å². The summed E-state index contributed by atoms with van der Waals surface area (Å²) in [4.78, 5) is 5.30. The molecule has 1 spiro atoms. The van der Waals surface area contributed by atoms with Crippen LogP contribution in [0.2, 0.25) is 0 Å². The zero-order valence-electron chi connectivity index (χ0n) is 15.7. The smallest absolute Gasteiger partial charge is 0.0367 e. The molecule has 0 radical (unpaired) electrons. The number of para-hydroxylation sites is 1. The second kappa shape index (κ2) is 4.92. The molecule has 0 amide bonds. The van der Waals surface area contributed by atoms with E-state index in [0.29, 0.717) is 16.2 Å². The number of benzene rings is 2. The van der Waals surface area contributed by atoms with E-state index in [0.717, 1.165) is 0 Å². The molecule has 134 valence electrons. The van der Waals surface area contributed by atoms with E-state index in [1.54, 1.807) is 5.56 Å². The zero-order chi connectivity index (χ0) is 17.4. The topological polar surface area (TPSA) is 6.48 Å². The van der Waals surface area contributed by atoms with E-state index in [-0.39, 0.29) is 0 Å². The predicted octanol–water partition coefficient (Wildman–Crippen LogP) is 4.24. The van der Waals surface area contributed by atoms with Gasteiger partial charge in [0.15, 0.2) is 0 Å². The molecule has 3 atom stereocenters. The average Bonchev–Trinajstić information content (AvgIpc) is 3.43. The van der Waals surface area contributed by atoms with Crippen molar-refractivity contribution in [3.63, 3.8) is 0 Å². The van der Waals surface area contributed by atoms with E-state index < -0.39 is 0 Å². The minimum absolute atomic E-state index is 0.576. The maximum atomic E-state index is 2.76. The maximum Gasteiger partial charge on any atom is 0.0367 e. The SMILES string of the molecule is Cc1ccc(C23CC4(CN5CCN(c6ccccc6)CC5)CC42C3)cc1. The molecule has 2 aromatic carbocycles. The molecule has 2 heteroatoms. The van der Waals surface area contributed by atoms with Gasteiger partial charge in [0, 0.05) is 43.8 Å². The van der Waals surface area contributed by atoms with Gasteiger partial charge in [0.2, 0.25) is 0 Å². The van der Waals surface area contributed by atoms with Gasteiger partial charge in [-0.05, 0) is 54.7 Å². The average molecular weight is 345 g/mol. The predicted molar refractivity (Wildman–Crippen MR) is 107 cm³/mol. The number of anilines is 1. The molecule has 6 rings (SSSR count). The lowest BCUT2D eigenvalue weighted by Gasteiger charge is -2.42. The summed E-state index contributed by atoms with van der Waals surface area (Å²) >= 11 is 0. The molecular weight excluding hydrogens is 316 g/mol. The van der Waals surface area contributed by atoms with Gasteiger partial charge in [-0.25, -0.2) is 0 Å². The molecule has 26 heavy (non-hydrogen) atoms. The molecule has 1 heterocycles. The molecule has 4 aliphatic rings. The lowest BCUT2D eigenvalue weighted by atomic mass is 9.70. The van der Waals surface area contributed by atoms with Crippen molar-refractivity contribution in [2.75, 3.05) is 37.6 Å². The van der Waals surface area contributed by atoms with Gasteiger partial charge in [-0.2, -0.15) is 0 Å². The van der Waals surface area contributed by atoms with Gasteiger partial charge in [0.25, 0.3) is 0 Å². The molecule has 1 saturated heterocycles.